The molecule has 0 N–H and O–H groups in total. The molecule has 0 aromatic carbocycles. The van der Waals surface area contributed by atoms with Gasteiger partial charge in [0.05, 0.1) is 13.2 Å². The molecule has 0 saturated carbocycles. The first-order valence-electron chi connectivity index (χ1n) is 4.77. The fourth-order valence-electron chi connectivity index (χ4n) is 1.06. The zero-order chi connectivity index (χ0) is 8.81. The van der Waals surface area contributed by atoms with Gasteiger partial charge in [-0.15, -0.1) is 0 Å². The molecule has 1 radical (unpaired) electrons. The fourth-order valence-corrected chi connectivity index (χ4v) is 2.02. The average molecular weight is 187 g/mol. The van der Waals surface area contributed by atoms with Gasteiger partial charge in [0.25, 0.3) is 0 Å². The summed E-state index contributed by atoms with van der Waals surface area (Å²) in [5, 5.41) is 0. The first-order chi connectivity index (χ1) is 5.79. The van der Waals surface area contributed by atoms with Crippen LogP contribution in [0.5, 0.6) is 0 Å². The van der Waals surface area contributed by atoms with Crippen molar-refractivity contribution in [2.75, 3.05) is 19.8 Å². The van der Waals surface area contributed by atoms with Crippen LogP contribution in [0.3, 0.4) is 0 Å². The predicted octanol–water partition coefficient (Wildman–Crippen LogP) is 1.94. The summed E-state index contributed by atoms with van der Waals surface area (Å²) in [4.78, 5) is 0. The molecule has 71 valence electrons. The highest BCUT2D eigenvalue weighted by molar-refractivity contribution is 6.55. The summed E-state index contributed by atoms with van der Waals surface area (Å²) in [6.07, 6.45) is 3.00. The standard InChI is InChI=1S/C9H19O2Si/c1-12(2)6-4-3-5-10-7-9-8-11-9/h9H,3-8H2,1-2H3. The Balaban J connectivity index is 1.70. The van der Waals surface area contributed by atoms with Crippen molar-refractivity contribution >= 4 is 8.80 Å². The molecule has 1 saturated heterocycles. The zero-order valence-corrected chi connectivity index (χ0v) is 9.14. The van der Waals surface area contributed by atoms with Crippen molar-refractivity contribution in [2.24, 2.45) is 0 Å². The summed E-state index contributed by atoms with van der Waals surface area (Å²) >= 11 is 0. The van der Waals surface area contributed by atoms with E-state index >= 15 is 0 Å². The first-order valence-corrected chi connectivity index (χ1v) is 7.48. The third kappa shape index (κ3) is 5.74. The summed E-state index contributed by atoms with van der Waals surface area (Å²) in [5.41, 5.74) is 0. The number of unbranched alkanes of at least 4 members (excludes halogenated alkanes) is 1. The van der Waals surface area contributed by atoms with Crippen molar-refractivity contribution in [3.63, 3.8) is 0 Å². The number of epoxide rings is 1. The highest BCUT2D eigenvalue weighted by atomic mass is 28.3. The lowest BCUT2D eigenvalue weighted by Gasteiger charge is -2.03. The lowest BCUT2D eigenvalue weighted by atomic mass is 10.3. The molecule has 0 aromatic rings. The molecule has 1 aliphatic heterocycles. The van der Waals surface area contributed by atoms with E-state index in [1.807, 2.05) is 0 Å². The van der Waals surface area contributed by atoms with E-state index in [-0.39, 0.29) is 8.80 Å². The van der Waals surface area contributed by atoms with Gasteiger partial charge in [0.15, 0.2) is 0 Å². The van der Waals surface area contributed by atoms with Crippen LogP contribution < -0.4 is 0 Å². The van der Waals surface area contributed by atoms with Gasteiger partial charge in [0, 0.05) is 15.4 Å². The average Bonchev–Trinajstić information content (AvgIpc) is 2.79. The molecule has 2 nitrogen and oxygen atoms in total. The molecule has 0 spiro atoms. The molecule has 3 heteroatoms. The van der Waals surface area contributed by atoms with E-state index in [2.05, 4.69) is 13.1 Å². The van der Waals surface area contributed by atoms with Gasteiger partial charge in [-0.25, -0.2) is 0 Å². The van der Waals surface area contributed by atoms with Crippen LogP contribution in [-0.4, -0.2) is 34.7 Å². The summed E-state index contributed by atoms with van der Waals surface area (Å²) in [6, 6.07) is 1.42. The molecule has 12 heavy (non-hydrogen) atoms. The molecule has 1 atom stereocenters. The Kier molecular flexibility index (Phi) is 4.88. The predicted molar refractivity (Wildman–Crippen MR) is 52.1 cm³/mol. The molecular weight excluding hydrogens is 168 g/mol. The second-order valence-electron chi connectivity index (χ2n) is 3.69. The SMILES string of the molecule is C[Si](C)CCCCOCC1CO1. The second kappa shape index (κ2) is 5.73. The minimum atomic E-state index is -0.00571. The maximum Gasteiger partial charge on any atom is 0.104 e. The van der Waals surface area contributed by atoms with Gasteiger partial charge < -0.3 is 9.47 Å². The molecule has 1 aliphatic rings. The van der Waals surface area contributed by atoms with Crippen molar-refractivity contribution in [2.45, 2.75) is 38.1 Å². The van der Waals surface area contributed by atoms with E-state index < -0.39 is 0 Å². The summed E-state index contributed by atoms with van der Waals surface area (Å²) < 4.78 is 10.5. The first kappa shape index (κ1) is 10.2. The highest BCUT2D eigenvalue weighted by Crippen LogP contribution is 2.09. The molecule has 1 heterocycles. The van der Waals surface area contributed by atoms with Crippen molar-refractivity contribution in [3.05, 3.63) is 0 Å². The Morgan fingerprint density at radius 2 is 2.17 bits per heavy atom. The maximum absolute atomic E-state index is 5.43. The van der Waals surface area contributed by atoms with Crippen molar-refractivity contribution < 1.29 is 9.47 Å². The third-order valence-corrected chi connectivity index (χ3v) is 3.28. The normalized spacial score (nSPS) is 21.8. The van der Waals surface area contributed by atoms with E-state index in [1.165, 1.54) is 18.9 Å². The summed E-state index contributed by atoms with van der Waals surface area (Å²) in [5.74, 6) is 0. The minimum Gasteiger partial charge on any atom is -0.379 e. The molecule has 0 bridgehead atoms. The van der Waals surface area contributed by atoms with Crippen molar-refractivity contribution in [1.29, 1.82) is 0 Å². The van der Waals surface area contributed by atoms with E-state index in [0.29, 0.717) is 6.10 Å². The fraction of sp³-hybridized carbons (Fsp3) is 1.00. The topological polar surface area (TPSA) is 21.8 Å². The van der Waals surface area contributed by atoms with E-state index in [9.17, 15) is 0 Å². The molecule has 1 rings (SSSR count). The van der Waals surface area contributed by atoms with Crippen LogP contribution in [0.4, 0.5) is 0 Å². The van der Waals surface area contributed by atoms with Crippen molar-refractivity contribution in [1.82, 2.24) is 0 Å². The van der Waals surface area contributed by atoms with Crippen LogP contribution in [0.15, 0.2) is 0 Å². The molecule has 0 aromatic heterocycles. The van der Waals surface area contributed by atoms with E-state index in [4.69, 9.17) is 9.47 Å². The summed E-state index contributed by atoms with van der Waals surface area (Å²) in [7, 11) is -0.00571. The quantitative estimate of drug-likeness (QED) is 0.345. The van der Waals surface area contributed by atoms with Gasteiger partial charge in [-0.1, -0.05) is 25.6 Å². The smallest absolute Gasteiger partial charge is 0.104 e. The number of hydrogen-bond acceptors (Lipinski definition) is 2. The van der Waals surface area contributed by atoms with Gasteiger partial charge in [0.1, 0.15) is 6.10 Å². The lowest BCUT2D eigenvalue weighted by molar-refractivity contribution is 0.114. The number of ether oxygens (including phenoxy) is 2. The summed E-state index contributed by atoms with van der Waals surface area (Å²) in [6.45, 7) is 7.38. The molecular formula is C9H19O2Si. The second-order valence-corrected chi connectivity index (χ2v) is 6.61. The Hall–Kier alpha value is 0.137. The Morgan fingerprint density at radius 3 is 2.75 bits per heavy atom. The lowest BCUT2D eigenvalue weighted by Crippen LogP contribution is -2.04. The molecule has 0 aliphatic carbocycles. The molecule has 1 fully saturated rings. The van der Waals surface area contributed by atoms with E-state index in [1.54, 1.807) is 0 Å². The Bertz CT molecular complexity index is 107. The van der Waals surface area contributed by atoms with Gasteiger partial charge in [-0.2, -0.15) is 0 Å². The minimum absolute atomic E-state index is 0.00571. The van der Waals surface area contributed by atoms with Crippen LogP contribution in [0, 0.1) is 0 Å². The van der Waals surface area contributed by atoms with Gasteiger partial charge in [-0.3, -0.25) is 0 Å². The van der Waals surface area contributed by atoms with Crippen LogP contribution >= 0.6 is 0 Å². The highest BCUT2D eigenvalue weighted by Gasteiger charge is 2.21. The van der Waals surface area contributed by atoms with Crippen molar-refractivity contribution in [3.8, 4) is 0 Å². The Morgan fingerprint density at radius 1 is 1.42 bits per heavy atom. The van der Waals surface area contributed by atoms with Gasteiger partial charge in [0.2, 0.25) is 0 Å². The molecule has 0 amide bonds. The largest absolute Gasteiger partial charge is 0.379 e. The zero-order valence-electron chi connectivity index (χ0n) is 8.14. The van der Waals surface area contributed by atoms with Crippen LogP contribution in [0.25, 0.3) is 0 Å². The van der Waals surface area contributed by atoms with Gasteiger partial charge >= 0.3 is 0 Å². The Labute approximate surface area is 76.9 Å². The monoisotopic (exact) mass is 187 g/mol. The van der Waals surface area contributed by atoms with Crippen LogP contribution in [0.2, 0.25) is 19.1 Å². The van der Waals surface area contributed by atoms with Crippen LogP contribution in [0.1, 0.15) is 12.8 Å². The number of hydrogen-bond donors (Lipinski definition) is 0. The van der Waals surface area contributed by atoms with Crippen LogP contribution in [-0.2, 0) is 9.47 Å². The van der Waals surface area contributed by atoms with Gasteiger partial charge in [-0.05, 0) is 6.42 Å². The maximum atomic E-state index is 5.43. The molecule has 1 unspecified atom stereocenters. The van der Waals surface area contributed by atoms with E-state index in [0.717, 1.165) is 19.8 Å². The number of rotatable bonds is 7. The third-order valence-electron chi connectivity index (χ3n) is 1.92.